The fraction of sp³-hybridized carbons (Fsp3) is 0.600. The highest BCUT2D eigenvalue weighted by Crippen LogP contribution is 2.23. The Morgan fingerprint density at radius 2 is 1.48 bits per heavy atom. The van der Waals surface area contributed by atoms with Gasteiger partial charge in [-0.25, -0.2) is 0 Å². The van der Waals surface area contributed by atoms with Crippen LogP contribution in [-0.4, -0.2) is 11.7 Å². The minimum atomic E-state index is -0.391. The van der Waals surface area contributed by atoms with Crippen molar-refractivity contribution in [3.8, 4) is 0 Å². The normalized spacial score (nSPS) is 12.1. The number of amides is 1. The molecule has 1 rings (SSSR count). The van der Waals surface area contributed by atoms with Crippen molar-refractivity contribution < 1.29 is 9.59 Å². The minimum Gasteiger partial charge on any atom is -0.326 e. The van der Waals surface area contributed by atoms with E-state index >= 15 is 0 Å². The first-order valence-corrected chi connectivity index (χ1v) is 8.44. The highest BCUT2D eigenvalue weighted by atomic mass is 16.1. The summed E-state index contributed by atoms with van der Waals surface area (Å²) in [5.74, 6) is 0.145. The summed E-state index contributed by atoms with van der Waals surface area (Å²) in [4.78, 5) is 24.1. The Labute approximate surface area is 140 Å². The van der Waals surface area contributed by atoms with Gasteiger partial charge in [0, 0.05) is 23.1 Å². The number of benzene rings is 1. The van der Waals surface area contributed by atoms with Crippen LogP contribution in [0.15, 0.2) is 24.3 Å². The lowest BCUT2D eigenvalue weighted by atomic mass is 9.86. The maximum Gasteiger partial charge on any atom is 0.224 e. The number of carbonyl (C=O) groups excluding carboxylic acids is 2. The molecule has 0 aliphatic rings. The molecule has 0 fully saturated rings. The fourth-order valence-electron chi connectivity index (χ4n) is 2.30. The lowest BCUT2D eigenvalue weighted by Crippen LogP contribution is -2.20. The maximum atomic E-state index is 12.2. The first-order valence-electron chi connectivity index (χ1n) is 8.44. The summed E-state index contributed by atoms with van der Waals surface area (Å²) in [6.07, 6.45) is 3.64. The number of Topliss-reactive ketones (excluding diaryl/α,β-unsaturated/α-hetero) is 1. The second-order valence-electron chi connectivity index (χ2n) is 8.47. The number of ketones is 1. The molecule has 0 bridgehead atoms. The summed E-state index contributed by atoms with van der Waals surface area (Å²) in [6, 6.07) is 7.16. The molecule has 128 valence electrons. The molecule has 1 aromatic rings. The van der Waals surface area contributed by atoms with E-state index in [1.54, 1.807) is 24.3 Å². The molecule has 3 heteroatoms. The van der Waals surface area contributed by atoms with Crippen molar-refractivity contribution in [1.82, 2.24) is 0 Å². The van der Waals surface area contributed by atoms with Crippen molar-refractivity contribution in [2.45, 2.75) is 67.2 Å². The van der Waals surface area contributed by atoms with Gasteiger partial charge in [0.2, 0.25) is 5.91 Å². The third-order valence-electron chi connectivity index (χ3n) is 3.69. The minimum absolute atomic E-state index is 0.0359. The first-order chi connectivity index (χ1) is 10.5. The Balaban J connectivity index is 2.46. The van der Waals surface area contributed by atoms with Crippen molar-refractivity contribution in [3.05, 3.63) is 29.8 Å². The van der Waals surface area contributed by atoms with Crippen molar-refractivity contribution in [1.29, 1.82) is 0 Å². The van der Waals surface area contributed by atoms with Crippen LogP contribution in [0.1, 0.15) is 77.6 Å². The molecule has 0 aromatic heterocycles. The summed E-state index contributed by atoms with van der Waals surface area (Å²) in [5, 5.41) is 2.89. The van der Waals surface area contributed by atoms with Gasteiger partial charge in [-0.3, -0.25) is 9.59 Å². The van der Waals surface area contributed by atoms with E-state index in [0.29, 0.717) is 17.4 Å². The quantitative estimate of drug-likeness (QED) is 0.559. The molecule has 0 radical (unpaired) electrons. The third-order valence-corrected chi connectivity index (χ3v) is 3.69. The van der Waals surface area contributed by atoms with E-state index in [1.165, 1.54) is 0 Å². The number of hydrogen-bond donors (Lipinski definition) is 1. The molecule has 0 atom stereocenters. The fourth-order valence-corrected chi connectivity index (χ4v) is 2.30. The predicted octanol–water partition coefficient (Wildman–Crippen LogP) is 5.46. The average molecular weight is 317 g/mol. The van der Waals surface area contributed by atoms with E-state index < -0.39 is 5.41 Å². The summed E-state index contributed by atoms with van der Waals surface area (Å²) >= 11 is 0. The number of hydrogen-bond acceptors (Lipinski definition) is 2. The first kappa shape index (κ1) is 19.4. The van der Waals surface area contributed by atoms with Gasteiger partial charge in [-0.15, -0.1) is 0 Å². The number of carbonyl (C=O) groups is 2. The molecule has 1 N–H and O–H groups in total. The zero-order valence-corrected chi connectivity index (χ0v) is 15.5. The number of nitrogens with one attached hydrogen (secondary N) is 1. The average Bonchev–Trinajstić information content (AvgIpc) is 2.42. The summed E-state index contributed by atoms with van der Waals surface area (Å²) in [6.45, 7) is 12.4. The van der Waals surface area contributed by atoms with Gasteiger partial charge in [-0.1, -0.05) is 48.0 Å². The molecule has 0 spiro atoms. The number of rotatable bonds is 6. The Kier molecular flexibility index (Phi) is 6.55. The van der Waals surface area contributed by atoms with Gasteiger partial charge in [0.25, 0.3) is 0 Å². The highest BCUT2D eigenvalue weighted by Gasteiger charge is 2.22. The molecular weight excluding hydrogens is 286 g/mol. The van der Waals surface area contributed by atoms with Gasteiger partial charge >= 0.3 is 0 Å². The second kappa shape index (κ2) is 7.76. The third kappa shape index (κ3) is 7.45. The van der Waals surface area contributed by atoms with Gasteiger partial charge in [-0.2, -0.15) is 0 Å². The monoisotopic (exact) mass is 317 g/mol. The number of unbranched alkanes of at least 4 members (excludes halogenated alkanes) is 1. The SMILES string of the molecule is CC(C)(C)CCCCC(=O)Nc1ccc(C(=O)C(C)(C)C)cc1. The van der Waals surface area contributed by atoms with E-state index in [9.17, 15) is 9.59 Å². The van der Waals surface area contributed by atoms with Crippen LogP contribution in [0.2, 0.25) is 0 Å². The van der Waals surface area contributed by atoms with Gasteiger partial charge in [0.05, 0.1) is 0 Å². The maximum absolute atomic E-state index is 12.2. The van der Waals surface area contributed by atoms with E-state index in [2.05, 4.69) is 26.1 Å². The number of anilines is 1. The van der Waals surface area contributed by atoms with Crippen molar-refractivity contribution in [2.75, 3.05) is 5.32 Å². The van der Waals surface area contributed by atoms with Gasteiger partial charge in [0.15, 0.2) is 5.78 Å². The molecule has 0 saturated carbocycles. The smallest absolute Gasteiger partial charge is 0.224 e. The highest BCUT2D eigenvalue weighted by molar-refractivity contribution is 6.00. The van der Waals surface area contributed by atoms with Gasteiger partial charge in [0.1, 0.15) is 0 Å². The van der Waals surface area contributed by atoms with Gasteiger partial charge < -0.3 is 5.32 Å². The molecular formula is C20H31NO2. The van der Waals surface area contributed by atoms with Crippen LogP contribution in [-0.2, 0) is 4.79 Å². The van der Waals surface area contributed by atoms with Crippen molar-refractivity contribution in [3.63, 3.8) is 0 Å². The largest absolute Gasteiger partial charge is 0.326 e. The zero-order chi connectivity index (χ0) is 17.7. The lowest BCUT2D eigenvalue weighted by Gasteiger charge is -2.17. The van der Waals surface area contributed by atoms with E-state index in [-0.39, 0.29) is 11.7 Å². The second-order valence-corrected chi connectivity index (χ2v) is 8.47. The molecule has 1 aromatic carbocycles. The molecule has 1 amide bonds. The Bertz CT molecular complexity index is 530. The summed E-state index contributed by atoms with van der Waals surface area (Å²) in [5.41, 5.74) is 1.36. The van der Waals surface area contributed by atoms with Crippen molar-refractivity contribution in [2.24, 2.45) is 10.8 Å². The van der Waals surface area contributed by atoms with Crippen molar-refractivity contribution >= 4 is 17.4 Å². The molecule has 0 unspecified atom stereocenters. The van der Waals surface area contributed by atoms with Crippen LogP contribution in [0.25, 0.3) is 0 Å². The standard InChI is InChI=1S/C20H31NO2/c1-19(2,3)14-8-7-9-17(22)21-16-12-10-15(11-13-16)18(23)20(4,5)6/h10-13H,7-9,14H2,1-6H3,(H,21,22). The van der Waals surface area contributed by atoms with Crippen LogP contribution >= 0.6 is 0 Å². The molecule has 3 nitrogen and oxygen atoms in total. The van der Waals surface area contributed by atoms with Gasteiger partial charge in [-0.05, 0) is 42.5 Å². The van der Waals surface area contributed by atoms with E-state index in [1.807, 2.05) is 20.8 Å². The molecule has 23 heavy (non-hydrogen) atoms. The molecule has 0 heterocycles. The summed E-state index contributed by atoms with van der Waals surface area (Å²) < 4.78 is 0. The molecule has 0 aliphatic heterocycles. The van der Waals surface area contributed by atoms with Crippen LogP contribution in [0, 0.1) is 10.8 Å². The predicted molar refractivity (Wildman–Crippen MR) is 96.8 cm³/mol. The van der Waals surface area contributed by atoms with Crippen LogP contribution in [0.5, 0.6) is 0 Å². The lowest BCUT2D eigenvalue weighted by molar-refractivity contribution is -0.116. The van der Waals surface area contributed by atoms with E-state index in [4.69, 9.17) is 0 Å². The topological polar surface area (TPSA) is 46.2 Å². The van der Waals surface area contributed by atoms with E-state index in [0.717, 1.165) is 24.9 Å². The van der Waals surface area contributed by atoms with Crippen LogP contribution < -0.4 is 5.32 Å². The van der Waals surface area contributed by atoms with Crippen LogP contribution in [0.3, 0.4) is 0 Å². The molecule has 0 aliphatic carbocycles. The molecule has 0 saturated heterocycles. The Morgan fingerprint density at radius 3 is 1.96 bits per heavy atom. The Morgan fingerprint density at radius 1 is 0.913 bits per heavy atom. The Hall–Kier alpha value is -1.64. The zero-order valence-electron chi connectivity index (χ0n) is 15.5. The summed E-state index contributed by atoms with van der Waals surface area (Å²) in [7, 11) is 0. The van der Waals surface area contributed by atoms with Crippen LogP contribution in [0.4, 0.5) is 5.69 Å².